The monoisotopic (exact) mass is 281 g/mol. The number of hydrogen-bond donors (Lipinski definition) is 1. The van der Waals surface area contributed by atoms with Crippen LogP contribution in [0.1, 0.15) is 10.6 Å². The van der Waals surface area contributed by atoms with Crippen molar-refractivity contribution in [2.75, 3.05) is 14.1 Å². The molecule has 0 aliphatic rings. The highest BCUT2D eigenvalue weighted by molar-refractivity contribution is 5.91. The van der Waals surface area contributed by atoms with Crippen LogP contribution in [-0.4, -0.2) is 35.1 Å². The van der Waals surface area contributed by atoms with E-state index in [2.05, 4.69) is 10.2 Å². The average molecular weight is 281 g/mol. The van der Waals surface area contributed by atoms with Crippen LogP contribution in [0.2, 0.25) is 0 Å². The standard InChI is InChI=1S/C16H15N3O2/c1-19(2)16(20)15-7-6-14(21-15)12-5-3-4-11(10-12)13-8-9-17-18-13/h3-10H,1-2H3,(H,17,18). The van der Waals surface area contributed by atoms with Gasteiger partial charge in [-0.15, -0.1) is 0 Å². The lowest BCUT2D eigenvalue weighted by Gasteiger charge is -2.07. The van der Waals surface area contributed by atoms with Gasteiger partial charge in [-0.3, -0.25) is 9.89 Å². The van der Waals surface area contributed by atoms with E-state index in [9.17, 15) is 4.79 Å². The maximum atomic E-state index is 11.9. The predicted octanol–water partition coefficient (Wildman–Crippen LogP) is 3.04. The highest BCUT2D eigenvalue weighted by Crippen LogP contribution is 2.27. The van der Waals surface area contributed by atoms with Crippen molar-refractivity contribution < 1.29 is 9.21 Å². The summed E-state index contributed by atoms with van der Waals surface area (Å²) < 4.78 is 5.65. The third-order valence-corrected chi connectivity index (χ3v) is 3.18. The van der Waals surface area contributed by atoms with Crippen LogP contribution in [0.3, 0.4) is 0 Å². The number of furan rings is 1. The van der Waals surface area contributed by atoms with Gasteiger partial charge in [-0.1, -0.05) is 18.2 Å². The first kappa shape index (κ1) is 13.2. The number of nitrogens with one attached hydrogen (secondary N) is 1. The summed E-state index contributed by atoms with van der Waals surface area (Å²) in [6.45, 7) is 0. The van der Waals surface area contributed by atoms with Crippen molar-refractivity contribution in [1.29, 1.82) is 0 Å². The van der Waals surface area contributed by atoms with E-state index >= 15 is 0 Å². The topological polar surface area (TPSA) is 62.1 Å². The average Bonchev–Trinajstić information content (AvgIpc) is 3.18. The highest BCUT2D eigenvalue weighted by atomic mass is 16.4. The molecule has 0 saturated carbocycles. The third kappa shape index (κ3) is 2.58. The largest absolute Gasteiger partial charge is 0.451 e. The molecule has 5 heteroatoms. The van der Waals surface area contributed by atoms with Gasteiger partial charge in [0.1, 0.15) is 5.76 Å². The Morgan fingerprint density at radius 2 is 1.95 bits per heavy atom. The zero-order chi connectivity index (χ0) is 14.8. The van der Waals surface area contributed by atoms with Gasteiger partial charge in [-0.25, -0.2) is 0 Å². The summed E-state index contributed by atoms with van der Waals surface area (Å²) in [6.07, 6.45) is 1.71. The van der Waals surface area contributed by atoms with Crippen molar-refractivity contribution in [3.8, 4) is 22.6 Å². The van der Waals surface area contributed by atoms with Gasteiger partial charge in [0.25, 0.3) is 5.91 Å². The molecule has 0 bridgehead atoms. The van der Waals surface area contributed by atoms with Gasteiger partial charge in [-0.2, -0.15) is 5.10 Å². The van der Waals surface area contributed by atoms with Gasteiger partial charge in [0.05, 0.1) is 5.69 Å². The number of aromatic amines is 1. The Balaban J connectivity index is 1.94. The van der Waals surface area contributed by atoms with Gasteiger partial charge < -0.3 is 9.32 Å². The summed E-state index contributed by atoms with van der Waals surface area (Å²) in [5.41, 5.74) is 2.87. The van der Waals surface area contributed by atoms with E-state index in [0.29, 0.717) is 11.5 Å². The zero-order valence-electron chi connectivity index (χ0n) is 11.8. The number of benzene rings is 1. The molecule has 21 heavy (non-hydrogen) atoms. The maximum absolute atomic E-state index is 11.9. The minimum absolute atomic E-state index is 0.147. The van der Waals surface area contributed by atoms with Crippen LogP contribution in [-0.2, 0) is 0 Å². The summed E-state index contributed by atoms with van der Waals surface area (Å²) in [4.78, 5) is 13.4. The van der Waals surface area contributed by atoms with E-state index in [1.807, 2.05) is 36.4 Å². The molecule has 5 nitrogen and oxygen atoms in total. The molecule has 0 saturated heterocycles. The number of carbonyl (C=O) groups is 1. The molecule has 3 aromatic rings. The lowest BCUT2D eigenvalue weighted by atomic mass is 10.1. The Morgan fingerprint density at radius 3 is 2.67 bits per heavy atom. The molecule has 1 aromatic carbocycles. The molecule has 0 spiro atoms. The lowest BCUT2D eigenvalue weighted by Crippen LogP contribution is -2.20. The zero-order valence-corrected chi connectivity index (χ0v) is 11.8. The van der Waals surface area contributed by atoms with E-state index in [1.165, 1.54) is 4.90 Å². The summed E-state index contributed by atoms with van der Waals surface area (Å²) in [5, 5.41) is 6.88. The Kier molecular flexibility index (Phi) is 3.31. The van der Waals surface area contributed by atoms with E-state index in [0.717, 1.165) is 16.8 Å². The van der Waals surface area contributed by atoms with E-state index < -0.39 is 0 Å². The number of amides is 1. The molecule has 0 radical (unpaired) electrons. The van der Waals surface area contributed by atoms with Crippen molar-refractivity contribution in [2.24, 2.45) is 0 Å². The summed E-state index contributed by atoms with van der Waals surface area (Å²) in [5.74, 6) is 0.856. The van der Waals surface area contributed by atoms with Crippen molar-refractivity contribution in [3.05, 3.63) is 54.4 Å². The summed E-state index contributed by atoms with van der Waals surface area (Å²) in [6, 6.07) is 13.3. The van der Waals surface area contributed by atoms with Gasteiger partial charge in [0.2, 0.25) is 0 Å². The van der Waals surface area contributed by atoms with Crippen LogP contribution < -0.4 is 0 Å². The van der Waals surface area contributed by atoms with Gasteiger partial charge in [0.15, 0.2) is 5.76 Å². The molecular weight excluding hydrogens is 266 g/mol. The lowest BCUT2D eigenvalue weighted by molar-refractivity contribution is 0.0797. The van der Waals surface area contributed by atoms with Crippen LogP contribution >= 0.6 is 0 Å². The summed E-state index contributed by atoms with van der Waals surface area (Å²) in [7, 11) is 3.40. The van der Waals surface area contributed by atoms with E-state index in [-0.39, 0.29) is 5.91 Å². The second-order valence-corrected chi connectivity index (χ2v) is 4.91. The van der Waals surface area contributed by atoms with Crippen molar-refractivity contribution in [2.45, 2.75) is 0 Å². The van der Waals surface area contributed by atoms with Crippen molar-refractivity contribution >= 4 is 5.91 Å². The quantitative estimate of drug-likeness (QED) is 0.802. The molecule has 0 atom stereocenters. The van der Waals surface area contributed by atoms with Gasteiger partial charge in [0, 0.05) is 31.4 Å². The molecule has 0 aliphatic carbocycles. The van der Waals surface area contributed by atoms with Crippen LogP contribution in [0.5, 0.6) is 0 Å². The Labute approximate surface area is 122 Å². The van der Waals surface area contributed by atoms with Crippen molar-refractivity contribution in [3.63, 3.8) is 0 Å². The molecule has 106 valence electrons. The van der Waals surface area contributed by atoms with Gasteiger partial charge in [-0.05, 0) is 24.3 Å². The fraction of sp³-hybridized carbons (Fsp3) is 0.125. The minimum Gasteiger partial charge on any atom is -0.451 e. The first-order valence-electron chi connectivity index (χ1n) is 6.57. The van der Waals surface area contributed by atoms with E-state index in [4.69, 9.17) is 4.42 Å². The highest BCUT2D eigenvalue weighted by Gasteiger charge is 2.14. The number of nitrogens with zero attached hydrogens (tertiary/aromatic N) is 2. The second kappa shape index (κ2) is 5.28. The number of H-pyrrole nitrogens is 1. The number of aromatic nitrogens is 2. The minimum atomic E-state index is -0.147. The fourth-order valence-corrected chi connectivity index (χ4v) is 2.09. The Bertz CT molecular complexity index is 757. The van der Waals surface area contributed by atoms with Crippen LogP contribution in [0.4, 0.5) is 0 Å². The first-order valence-corrected chi connectivity index (χ1v) is 6.57. The molecular formula is C16H15N3O2. The number of hydrogen-bond acceptors (Lipinski definition) is 3. The second-order valence-electron chi connectivity index (χ2n) is 4.91. The SMILES string of the molecule is CN(C)C(=O)c1ccc(-c2cccc(-c3ccn[nH]3)c2)o1. The molecule has 0 unspecified atom stereocenters. The first-order chi connectivity index (χ1) is 10.1. The van der Waals surface area contributed by atoms with Gasteiger partial charge >= 0.3 is 0 Å². The van der Waals surface area contributed by atoms with E-state index in [1.54, 1.807) is 26.4 Å². The molecule has 1 amide bonds. The smallest absolute Gasteiger partial charge is 0.289 e. The Hall–Kier alpha value is -2.82. The molecule has 2 heterocycles. The van der Waals surface area contributed by atoms with Crippen LogP contribution in [0, 0.1) is 0 Å². The molecule has 2 aromatic heterocycles. The molecule has 0 fully saturated rings. The van der Waals surface area contributed by atoms with Crippen LogP contribution in [0.25, 0.3) is 22.6 Å². The molecule has 3 rings (SSSR count). The fourth-order valence-electron chi connectivity index (χ4n) is 2.09. The molecule has 1 N–H and O–H groups in total. The number of rotatable bonds is 3. The summed E-state index contributed by atoms with van der Waals surface area (Å²) >= 11 is 0. The maximum Gasteiger partial charge on any atom is 0.289 e. The Morgan fingerprint density at radius 1 is 1.14 bits per heavy atom. The van der Waals surface area contributed by atoms with Crippen LogP contribution in [0.15, 0.2) is 53.1 Å². The molecule has 0 aliphatic heterocycles. The normalized spacial score (nSPS) is 10.6. The van der Waals surface area contributed by atoms with Crippen molar-refractivity contribution in [1.82, 2.24) is 15.1 Å². The predicted molar refractivity (Wildman–Crippen MR) is 79.7 cm³/mol. The third-order valence-electron chi connectivity index (χ3n) is 3.18. The number of carbonyl (C=O) groups excluding carboxylic acids is 1.